The van der Waals surface area contributed by atoms with Crippen molar-refractivity contribution in [3.05, 3.63) is 40.5 Å². The number of anilines is 1. The van der Waals surface area contributed by atoms with Gasteiger partial charge in [-0.25, -0.2) is 0 Å². The van der Waals surface area contributed by atoms with E-state index in [1.165, 1.54) is 29.1 Å². The third-order valence-corrected chi connectivity index (χ3v) is 2.69. The number of benzene rings is 1. The number of nitriles is 1. The standard InChI is InChI=1S/C12H9ClN4O2/c1-17-6-8(5-14)11(16-17)15-12(19)7-2-3-10(18)9(13)4-7/h2-4,6,18H,1H3,(H,15,16,19). The van der Waals surface area contributed by atoms with Crippen molar-refractivity contribution < 1.29 is 9.90 Å². The number of nitrogens with zero attached hydrogens (tertiary/aromatic N) is 3. The molecule has 1 heterocycles. The van der Waals surface area contributed by atoms with Gasteiger partial charge in [-0.1, -0.05) is 11.6 Å². The number of phenols is 1. The van der Waals surface area contributed by atoms with Crippen LogP contribution in [-0.2, 0) is 7.05 Å². The Bertz CT molecular complexity index is 688. The molecule has 1 aromatic carbocycles. The van der Waals surface area contributed by atoms with Crippen molar-refractivity contribution in [2.75, 3.05) is 5.32 Å². The predicted octanol–water partition coefficient (Wildman–Crippen LogP) is 1.90. The zero-order valence-electron chi connectivity index (χ0n) is 9.88. The highest BCUT2D eigenvalue weighted by atomic mass is 35.5. The number of hydrogen-bond donors (Lipinski definition) is 2. The van der Waals surface area contributed by atoms with E-state index < -0.39 is 5.91 Å². The Morgan fingerprint density at radius 2 is 2.32 bits per heavy atom. The summed E-state index contributed by atoms with van der Waals surface area (Å²) in [4.78, 5) is 11.9. The summed E-state index contributed by atoms with van der Waals surface area (Å²) in [7, 11) is 1.65. The second-order valence-corrected chi connectivity index (χ2v) is 4.20. The normalized spacial score (nSPS) is 9.95. The van der Waals surface area contributed by atoms with Gasteiger partial charge < -0.3 is 10.4 Å². The van der Waals surface area contributed by atoms with Crippen LogP contribution in [-0.4, -0.2) is 20.8 Å². The van der Waals surface area contributed by atoms with E-state index in [1.54, 1.807) is 7.05 Å². The van der Waals surface area contributed by atoms with Crippen LogP contribution in [0.25, 0.3) is 0 Å². The van der Waals surface area contributed by atoms with E-state index in [4.69, 9.17) is 16.9 Å². The van der Waals surface area contributed by atoms with Crippen LogP contribution in [0.15, 0.2) is 24.4 Å². The summed E-state index contributed by atoms with van der Waals surface area (Å²) >= 11 is 5.72. The van der Waals surface area contributed by atoms with Crippen molar-refractivity contribution in [1.29, 1.82) is 5.26 Å². The largest absolute Gasteiger partial charge is 0.506 e. The number of halogens is 1. The summed E-state index contributed by atoms with van der Waals surface area (Å²) in [6.45, 7) is 0. The number of nitrogens with one attached hydrogen (secondary N) is 1. The Hall–Kier alpha value is -2.52. The molecule has 2 aromatic rings. The van der Waals surface area contributed by atoms with E-state index in [-0.39, 0.29) is 27.7 Å². The molecule has 0 saturated heterocycles. The van der Waals surface area contributed by atoms with Crippen LogP contribution >= 0.6 is 11.6 Å². The van der Waals surface area contributed by atoms with Crippen LogP contribution in [0.4, 0.5) is 5.82 Å². The lowest BCUT2D eigenvalue weighted by atomic mass is 10.2. The smallest absolute Gasteiger partial charge is 0.256 e. The maximum atomic E-state index is 11.9. The summed E-state index contributed by atoms with van der Waals surface area (Å²) in [5, 5.41) is 24.7. The lowest BCUT2D eigenvalue weighted by molar-refractivity contribution is 0.102. The molecule has 6 nitrogen and oxygen atoms in total. The van der Waals surface area contributed by atoms with Crippen molar-refractivity contribution in [1.82, 2.24) is 9.78 Å². The summed E-state index contributed by atoms with van der Waals surface area (Å²) in [5.41, 5.74) is 0.526. The Labute approximate surface area is 113 Å². The first-order chi connectivity index (χ1) is 9.01. The molecule has 96 valence electrons. The van der Waals surface area contributed by atoms with Crippen LogP contribution in [0, 0.1) is 11.3 Å². The molecule has 0 atom stereocenters. The highest BCUT2D eigenvalue weighted by Crippen LogP contribution is 2.24. The molecular weight excluding hydrogens is 268 g/mol. The number of hydrogen-bond acceptors (Lipinski definition) is 4. The van der Waals surface area contributed by atoms with Gasteiger partial charge >= 0.3 is 0 Å². The summed E-state index contributed by atoms with van der Waals surface area (Å²) in [6.07, 6.45) is 1.50. The van der Waals surface area contributed by atoms with Crippen LogP contribution in [0.2, 0.25) is 5.02 Å². The topological polar surface area (TPSA) is 90.9 Å². The number of amides is 1. The van der Waals surface area contributed by atoms with E-state index in [0.29, 0.717) is 0 Å². The maximum Gasteiger partial charge on any atom is 0.256 e. The number of carbonyl (C=O) groups is 1. The molecule has 0 aliphatic carbocycles. The zero-order chi connectivity index (χ0) is 14.0. The molecule has 0 unspecified atom stereocenters. The third-order valence-electron chi connectivity index (χ3n) is 2.39. The fourth-order valence-corrected chi connectivity index (χ4v) is 1.67. The molecule has 0 saturated carbocycles. The number of carbonyl (C=O) groups excluding carboxylic acids is 1. The minimum Gasteiger partial charge on any atom is -0.506 e. The van der Waals surface area contributed by atoms with E-state index in [1.807, 2.05) is 6.07 Å². The quantitative estimate of drug-likeness (QED) is 0.876. The molecule has 0 fully saturated rings. The molecule has 0 bridgehead atoms. The second-order valence-electron chi connectivity index (χ2n) is 3.80. The fraction of sp³-hybridized carbons (Fsp3) is 0.0833. The number of aromatic hydroxyl groups is 1. The van der Waals surface area contributed by atoms with Gasteiger partial charge in [0, 0.05) is 18.8 Å². The zero-order valence-corrected chi connectivity index (χ0v) is 10.6. The molecule has 7 heteroatoms. The Balaban J connectivity index is 2.26. The molecule has 0 aliphatic heterocycles. The van der Waals surface area contributed by atoms with Gasteiger partial charge in [-0.15, -0.1) is 0 Å². The molecule has 1 aromatic heterocycles. The van der Waals surface area contributed by atoms with Gasteiger partial charge in [0.2, 0.25) is 0 Å². The van der Waals surface area contributed by atoms with Crippen molar-refractivity contribution >= 4 is 23.3 Å². The fourth-order valence-electron chi connectivity index (χ4n) is 1.49. The lowest BCUT2D eigenvalue weighted by Crippen LogP contribution is -2.13. The Morgan fingerprint density at radius 1 is 1.58 bits per heavy atom. The third kappa shape index (κ3) is 2.67. The monoisotopic (exact) mass is 276 g/mol. The van der Waals surface area contributed by atoms with Gasteiger partial charge in [0.1, 0.15) is 17.4 Å². The first-order valence-electron chi connectivity index (χ1n) is 5.25. The molecule has 19 heavy (non-hydrogen) atoms. The first-order valence-corrected chi connectivity index (χ1v) is 5.62. The van der Waals surface area contributed by atoms with Crippen molar-refractivity contribution in [2.45, 2.75) is 0 Å². The van der Waals surface area contributed by atoms with Gasteiger partial charge in [0.25, 0.3) is 5.91 Å². The highest BCUT2D eigenvalue weighted by Gasteiger charge is 2.13. The maximum absolute atomic E-state index is 11.9. The minimum absolute atomic E-state index is 0.0779. The number of aryl methyl sites for hydroxylation is 1. The average Bonchev–Trinajstić information content (AvgIpc) is 2.72. The van der Waals surface area contributed by atoms with Crippen molar-refractivity contribution in [3.63, 3.8) is 0 Å². The summed E-state index contributed by atoms with van der Waals surface area (Å²) < 4.78 is 1.43. The van der Waals surface area contributed by atoms with Crippen LogP contribution in [0.1, 0.15) is 15.9 Å². The molecule has 1 amide bonds. The SMILES string of the molecule is Cn1cc(C#N)c(NC(=O)c2ccc(O)c(Cl)c2)n1. The molecule has 2 N–H and O–H groups in total. The van der Waals surface area contributed by atoms with Crippen LogP contribution < -0.4 is 5.32 Å². The number of phenolic OH excluding ortho intramolecular Hbond substituents is 1. The summed E-state index contributed by atoms with van der Waals surface area (Å²) in [5.74, 6) is -0.384. The minimum atomic E-state index is -0.461. The number of aromatic nitrogens is 2. The second kappa shape index (κ2) is 5.00. The first kappa shape index (κ1) is 12.9. The Kier molecular flexibility index (Phi) is 3.40. The van der Waals surface area contributed by atoms with Gasteiger partial charge in [0.05, 0.1) is 5.02 Å². The predicted molar refractivity (Wildman–Crippen MR) is 69.0 cm³/mol. The number of rotatable bonds is 2. The molecule has 0 aliphatic rings. The van der Waals surface area contributed by atoms with E-state index in [2.05, 4.69) is 10.4 Å². The highest BCUT2D eigenvalue weighted by molar-refractivity contribution is 6.32. The summed E-state index contributed by atoms with van der Waals surface area (Å²) in [6, 6.07) is 6.01. The van der Waals surface area contributed by atoms with Gasteiger partial charge in [-0.2, -0.15) is 10.4 Å². The lowest BCUT2D eigenvalue weighted by Gasteiger charge is -2.04. The van der Waals surface area contributed by atoms with E-state index in [9.17, 15) is 9.90 Å². The van der Waals surface area contributed by atoms with Gasteiger partial charge in [0.15, 0.2) is 5.82 Å². The molecule has 0 radical (unpaired) electrons. The average molecular weight is 277 g/mol. The van der Waals surface area contributed by atoms with Gasteiger partial charge in [-0.3, -0.25) is 9.48 Å². The molecular formula is C12H9ClN4O2. The van der Waals surface area contributed by atoms with Crippen molar-refractivity contribution in [2.24, 2.45) is 7.05 Å². The van der Waals surface area contributed by atoms with Crippen LogP contribution in [0.3, 0.4) is 0 Å². The molecule has 0 spiro atoms. The van der Waals surface area contributed by atoms with E-state index in [0.717, 1.165) is 0 Å². The van der Waals surface area contributed by atoms with Crippen LogP contribution in [0.5, 0.6) is 5.75 Å². The van der Waals surface area contributed by atoms with Crippen molar-refractivity contribution in [3.8, 4) is 11.8 Å². The van der Waals surface area contributed by atoms with Gasteiger partial charge in [-0.05, 0) is 18.2 Å². The Morgan fingerprint density at radius 3 is 2.95 bits per heavy atom. The molecule has 2 rings (SSSR count). The van der Waals surface area contributed by atoms with E-state index >= 15 is 0 Å².